The van der Waals surface area contributed by atoms with E-state index < -0.39 is 0 Å². The highest BCUT2D eigenvalue weighted by atomic mass is 35.5. The van der Waals surface area contributed by atoms with Gasteiger partial charge in [-0.05, 0) is 63.3 Å². The Morgan fingerprint density at radius 1 is 1.18 bits per heavy atom. The summed E-state index contributed by atoms with van der Waals surface area (Å²) in [7, 11) is 0. The minimum Gasteiger partial charge on any atom is -0.487 e. The van der Waals surface area contributed by atoms with Crippen LogP contribution in [0.5, 0.6) is 5.75 Å². The highest BCUT2D eigenvalue weighted by Gasteiger charge is 2.32. The Morgan fingerprint density at radius 2 is 1.86 bits per heavy atom. The lowest BCUT2D eigenvalue weighted by molar-refractivity contribution is -0.144. The number of hydrogen-bond acceptors (Lipinski definition) is 3. The van der Waals surface area contributed by atoms with Crippen molar-refractivity contribution < 1.29 is 14.3 Å². The number of rotatable bonds is 4. The quantitative estimate of drug-likeness (QED) is 0.569. The van der Waals surface area contributed by atoms with Crippen molar-refractivity contribution in [2.75, 3.05) is 6.61 Å². The Bertz CT molecular complexity index is 836. The van der Waals surface area contributed by atoms with Gasteiger partial charge in [-0.25, -0.2) is 0 Å². The maximum atomic E-state index is 10.6. The minimum absolute atomic E-state index is 0.00694. The van der Waals surface area contributed by atoms with Crippen molar-refractivity contribution in [1.82, 2.24) is 0 Å². The number of aryl methyl sites for hydroxylation is 1. The van der Waals surface area contributed by atoms with Crippen LogP contribution in [0.2, 0.25) is 5.02 Å². The van der Waals surface area contributed by atoms with Crippen LogP contribution in [0, 0.1) is 5.92 Å². The molecule has 0 saturated heterocycles. The summed E-state index contributed by atoms with van der Waals surface area (Å²) in [4.78, 5) is 10.6. The van der Waals surface area contributed by atoms with Crippen LogP contribution in [0.1, 0.15) is 51.7 Å². The molecule has 2 aromatic rings. The number of halogens is 1. The number of esters is 1. The van der Waals surface area contributed by atoms with E-state index in [9.17, 15) is 4.79 Å². The third-order valence-electron chi connectivity index (χ3n) is 5.00. The third-order valence-corrected chi connectivity index (χ3v) is 5.21. The van der Waals surface area contributed by atoms with Gasteiger partial charge >= 0.3 is 5.97 Å². The molecule has 4 heteroatoms. The maximum Gasteiger partial charge on any atom is 0.308 e. The van der Waals surface area contributed by atoms with Gasteiger partial charge in [-0.3, -0.25) is 4.79 Å². The lowest BCUT2D eigenvalue weighted by Crippen LogP contribution is -2.24. The summed E-state index contributed by atoms with van der Waals surface area (Å²) >= 11 is 6.27. The second-order valence-corrected chi connectivity index (χ2v) is 8.49. The normalized spacial score (nSPS) is 16.5. The molecule has 1 aliphatic heterocycles. The molecule has 0 aromatic heterocycles. The van der Waals surface area contributed by atoms with E-state index in [0.29, 0.717) is 6.61 Å². The second kappa shape index (κ2) is 8.57. The van der Waals surface area contributed by atoms with Crippen LogP contribution < -0.4 is 4.74 Å². The summed E-state index contributed by atoms with van der Waals surface area (Å²) in [5, 5.41) is 0.777. The first-order chi connectivity index (χ1) is 13.3. The van der Waals surface area contributed by atoms with Gasteiger partial charge in [-0.1, -0.05) is 42.8 Å². The van der Waals surface area contributed by atoms with Gasteiger partial charge in [-0.2, -0.15) is 0 Å². The average Bonchev–Trinajstić information content (AvgIpc) is 3.45. The van der Waals surface area contributed by atoms with E-state index >= 15 is 0 Å². The molecule has 1 saturated carbocycles. The molecule has 0 atom stereocenters. The summed E-state index contributed by atoms with van der Waals surface area (Å²) in [5.41, 5.74) is 4.66. The van der Waals surface area contributed by atoms with Crippen LogP contribution in [-0.2, 0) is 22.4 Å². The van der Waals surface area contributed by atoms with Gasteiger partial charge in [0.05, 0.1) is 12.5 Å². The van der Waals surface area contributed by atoms with E-state index in [1.165, 1.54) is 16.7 Å². The molecule has 1 fully saturated rings. The summed E-state index contributed by atoms with van der Waals surface area (Å²) in [6.45, 7) is 8.75. The van der Waals surface area contributed by atoms with Crippen LogP contribution in [0.15, 0.2) is 36.4 Å². The number of fused-ring (bicyclic) bond motifs is 1. The second-order valence-electron chi connectivity index (χ2n) is 8.06. The van der Waals surface area contributed by atoms with Gasteiger partial charge in [-0.15, -0.1) is 0 Å². The Kier molecular flexibility index (Phi) is 6.34. The van der Waals surface area contributed by atoms with E-state index in [0.717, 1.165) is 42.0 Å². The van der Waals surface area contributed by atoms with Crippen molar-refractivity contribution in [3.63, 3.8) is 0 Å². The van der Waals surface area contributed by atoms with Gasteiger partial charge in [0.2, 0.25) is 0 Å². The van der Waals surface area contributed by atoms with E-state index in [1.54, 1.807) is 0 Å². The molecular weight excluding hydrogens is 372 g/mol. The molecule has 0 N–H and O–H groups in total. The van der Waals surface area contributed by atoms with Gasteiger partial charge in [0, 0.05) is 22.6 Å². The van der Waals surface area contributed by atoms with Gasteiger partial charge < -0.3 is 9.47 Å². The lowest BCUT2D eigenvalue weighted by atomic mass is 9.97. The van der Waals surface area contributed by atoms with Crippen molar-refractivity contribution in [3.05, 3.63) is 52.5 Å². The Balaban J connectivity index is 0.000000236. The average molecular weight is 401 g/mol. The van der Waals surface area contributed by atoms with E-state index in [-0.39, 0.29) is 17.5 Å². The van der Waals surface area contributed by atoms with Gasteiger partial charge in [0.25, 0.3) is 0 Å². The molecule has 0 radical (unpaired) electrons. The third kappa shape index (κ3) is 5.08. The highest BCUT2D eigenvalue weighted by molar-refractivity contribution is 6.31. The Morgan fingerprint density at radius 3 is 2.43 bits per heavy atom. The molecule has 4 rings (SSSR count). The first-order valence-corrected chi connectivity index (χ1v) is 10.5. The van der Waals surface area contributed by atoms with Crippen molar-refractivity contribution in [3.8, 4) is 16.9 Å². The molecule has 2 aliphatic rings. The van der Waals surface area contributed by atoms with Crippen molar-refractivity contribution in [2.45, 2.75) is 59.0 Å². The summed E-state index contributed by atoms with van der Waals surface area (Å²) in [6.07, 6.45) is 4.04. The smallest absolute Gasteiger partial charge is 0.308 e. The van der Waals surface area contributed by atoms with Crippen LogP contribution in [0.3, 0.4) is 0 Å². The molecule has 3 nitrogen and oxygen atoms in total. The fraction of sp³-hybridized carbons (Fsp3) is 0.458. The van der Waals surface area contributed by atoms with Crippen molar-refractivity contribution >= 4 is 17.6 Å². The fourth-order valence-corrected chi connectivity index (χ4v) is 3.63. The fourth-order valence-electron chi connectivity index (χ4n) is 3.39. The molecule has 28 heavy (non-hydrogen) atoms. The summed E-state index contributed by atoms with van der Waals surface area (Å²) < 4.78 is 10.9. The molecule has 1 aliphatic carbocycles. The standard InChI is InChI=1S/C18H19ClO.C6H10O2/c1-4-12-5-7-13(8-6-12)16-10-15(19)9-14-11-18(2,3)20-17(14)16;1-2-8-6(7)5-3-4-5/h5-10H,4,11H2,1-3H3;5H,2-4H2,1H3. The number of benzene rings is 2. The zero-order chi connectivity index (χ0) is 20.3. The monoisotopic (exact) mass is 400 g/mol. The van der Waals surface area contributed by atoms with Crippen LogP contribution >= 0.6 is 11.6 Å². The molecule has 150 valence electrons. The van der Waals surface area contributed by atoms with Crippen LogP contribution in [0.4, 0.5) is 0 Å². The highest BCUT2D eigenvalue weighted by Crippen LogP contribution is 2.44. The first kappa shape index (κ1) is 20.7. The molecule has 2 aromatic carbocycles. The van der Waals surface area contributed by atoms with E-state index in [1.807, 2.05) is 19.1 Å². The molecule has 0 amide bonds. The largest absolute Gasteiger partial charge is 0.487 e. The van der Waals surface area contributed by atoms with Crippen LogP contribution in [0.25, 0.3) is 11.1 Å². The number of carbonyl (C=O) groups is 1. The minimum atomic E-state index is -0.148. The zero-order valence-electron chi connectivity index (χ0n) is 17.2. The topological polar surface area (TPSA) is 35.5 Å². The molecule has 0 bridgehead atoms. The number of ether oxygens (including phenoxy) is 2. The van der Waals surface area contributed by atoms with Gasteiger partial charge in [0.1, 0.15) is 11.4 Å². The molecular formula is C24H29ClO3. The lowest BCUT2D eigenvalue weighted by Gasteiger charge is -2.18. The zero-order valence-corrected chi connectivity index (χ0v) is 17.9. The maximum absolute atomic E-state index is 10.6. The summed E-state index contributed by atoms with van der Waals surface area (Å²) in [5.74, 6) is 1.24. The molecule has 0 unspecified atom stereocenters. The Hall–Kier alpha value is -2.00. The number of carbonyl (C=O) groups excluding carboxylic acids is 1. The van der Waals surface area contributed by atoms with Gasteiger partial charge in [0.15, 0.2) is 0 Å². The van der Waals surface area contributed by atoms with Crippen molar-refractivity contribution in [1.29, 1.82) is 0 Å². The van der Waals surface area contributed by atoms with E-state index in [2.05, 4.69) is 45.0 Å². The Labute approximate surface area is 173 Å². The van der Waals surface area contributed by atoms with Crippen molar-refractivity contribution in [2.24, 2.45) is 5.92 Å². The molecule has 1 heterocycles. The van der Waals surface area contributed by atoms with E-state index in [4.69, 9.17) is 21.1 Å². The number of hydrogen-bond donors (Lipinski definition) is 0. The first-order valence-electron chi connectivity index (χ1n) is 10.1. The van der Waals surface area contributed by atoms with Crippen LogP contribution in [-0.4, -0.2) is 18.2 Å². The predicted octanol–water partition coefficient (Wildman–Crippen LogP) is 6.24. The summed E-state index contributed by atoms with van der Waals surface area (Å²) in [6, 6.07) is 12.7. The SMILES string of the molecule is CCOC(=O)C1CC1.CCc1ccc(-c2cc(Cl)cc3c2OC(C)(C)C3)cc1. The predicted molar refractivity (Wildman–Crippen MR) is 114 cm³/mol. The molecule has 0 spiro atoms.